The van der Waals surface area contributed by atoms with E-state index in [-0.39, 0.29) is 11.8 Å². The predicted molar refractivity (Wildman–Crippen MR) is 114 cm³/mol. The highest BCUT2D eigenvalue weighted by molar-refractivity contribution is 5.95. The van der Waals surface area contributed by atoms with E-state index < -0.39 is 0 Å². The third-order valence-electron chi connectivity index (χ3n) is 4.74. The topological polar surface area (TPSA) is 80.3 Å². The molecule has 0 radical (unpaired) electrons. The fourth-order valence-corrected chi connectivity index (χ4v) is 2.95. The van der Waals surface area contributed by atoms with Crippen molar-refractivity contribution in [3.05, 3.63) is 84.1 Å². The van der Waals surface area contributed by atoms with Gasteiger partial charge in [0.1, 0.15) is 18.1 Å². The largest absolute Gasteiger partial charge is 0.492 e. The predicted octanol–water partition coefficient (Wildman–Crippen LogP) is 3.45. The van der Waals surface area contributed by atoms with Gasteiger partial charge in [0.2, 0.25) is 0 Å². The maximum Gasteiger partial charge on any atom is 0.270 e. The van der Waals surface area contributed by atoms with Crippen LogP contribution in [0.5, 0.6) is 5.75 Å². The summed E-state index contributed by atoms with van der Waals surface area (Å²) in [6.07, 6.45) is 2.11. The van der Waals surface area contributed by atoms with Crippen molar-refractivity contribution in [3.8, 4) is 17.0 Å². The first kappa shape index (κ1) is 19.6. The first-order valence-electron chi connectivity index (χ1n) is 10.0. The van der Waals surface area contributed by atoms with Crippen molar-refractivity contribution in [2.75, 3.05) is 13.2 Å². The number of rotatable bonds is 8. The van der Waals surface area contributed by atoms with Crippen LogP contribution in [0.1, 0.15) is 33.7 Å². The molecular formula is C24H23N3O3. The molecular weight excluding hydrogens is 378 g/mol. The monoisotopic (exact) mass is 401 g/mol. The van der Waals surface area contributed by atoms with Gasteiger partial charge in [-0.05, 0) is 49.2 Å². The molecule has 1 aliphatic carbocycles. The van der Waals surface area contributed by atoms with Crippen molar-refractivity contribution >= 4 is 11.8 Å². The number of benzene rings is 2. The van der Waals surface area contributed by atoms with E-state index in [2.05, 4.69) is 15.6 Å². The lowest BCUT2D eigenvalue weighted by Crippen LogP contribution is -2.28. The number of hydrogen-bond donors (Lipinski definition) is 2. The van der Waals surface area contributed by atoms with Gasteiger partial charge in [0.25, 0.3) is 11.8 Å². The summed E-state index contributed by atoms with van der Waals surface area (Å²) in [6.45, 7) is 0.754. The van der Waals surface area contributed by atoms with Gasteiger partial charge in [-0.1, -0.05) is 36.4 Å². The first-order valence-corrected chi connectivity index (χ1v) is 10.0. The number of carbonyl (C=O) groups is 2. The van der Waals surface area contributed by atoms with E-state index in [0.29, 0.717) is 36.1 Å². The lowest BCUT2D eigenvalue weighted by molar-refractivity contribution is 0.0937. The Labute approximate surface area is 175 Å². The van der Waals surface area contributed by atoms with Crippen LogP contribution in [0.25, 0.3) is 11.3 Å². The minimum absolute atomic E-state index is 0.0529. The van der Waals surface area contributed by atoms with Gasteiger partial charge in [0, 0.05) is 17.2 Å². The molecule has 1 aromatic heterocycles. The SMILES string of the molecule is O=C(NC1CC1)c1ccc(-c2cccc(C(=O)NCCOc3ccccc3)n2)cc1. The van der Waals surface area contributed by atoms with Gasteiger partial charge in [-0.15, -0.1) is 0 Å². The van der Waals surface area contributed by atoms with Gasteiger partial charge in [-0.3, -0.25) is 9.59 Å². The second-order valence-corrected chi connectivity index (χ2v) is 7.15. The molecule has 0 aliphatic heterocycles. The molecule has 4 rings (SSSR count). The maximum absolute atomic E-state index is 12.4. The molecule has 30 heavy (non-hydrogen) atoms. The molecule has 1 fully saturated rings. The molecule has 2 amide bonds. The zero-order valence-electron chi connectivity index (χ0n) is 16.5. The number of pyridine rings is 1. The molecule has 2 aromatic carbocycles. The van der Waals surface area contributed by atoms with Crippen LogP contribution >= 0.6 is 0 Å². The average Bonchev–Trinajstić information content (AvgIpc) is 3.61. The molecule has 152 valence electrons. The normalized spacial score (nSPS) is 12.8. The number of ether oxygens (including phenoxy) is 1. The fraction of sp³-hybridized carbons (Fsp3) is 0.208. The summed E-state index contributed by atoms with van der Waals surface area (Å²) in [7, 11) is 0. The van der Waals surface area contributed by atoms with E-state index in [9.17, 15) is 9.59 Å². The van der Waals surface area contributed by atoms with E-state index >= 15 is 0 Å². The fourth-order valence-electron chi connectivity index (χ4n) is 2.95. The van der Waals surface area contributed by atoms with Crippen molar-refractivity contribution in [1.29, 1.82) is 0 Å². The van der Waals surface area contributed by atoms with Crippen LogP contribution in [0.4, 0.5) is 0 Å². The summed E-state index contributed by atoms with van der Waals surface area (Å²) in [5.74, 6) is 0.456. The molecule has 1 heterocycles. The Morgan fingerprint density at radius 3 is 2.40 bits per heavy atom. The van der Waals surface area contributed by atoms with E-state index in [0.717, 1.165) is 24.2 Å². The smallest absolute Gasteiger partial charge is 0.270 e. The molecule has 0 atom stereocenters. The molecule has 0 bridgehead atoms. The summed E-state index contributed by atoms with van der Waals surface area (Å²) < 4.78 is 5.58. The Kier molecular flexibility index (Phi) is 6.03. The summed E-state index contributed by atoms with van der Waals surface area (Å²) in [4.78, 5) is 29.0. The van der Waals surface area contributed by atoms with Crippen LogP contribution in [0.2, 0.25) is 0 Å². The zero-order valence-corrected chi connectivity index (χ0v) is 16.5. The molecule has 2 N–H and O–H groups in total. The van der Waals surface area contributed by atoms with E-state index in [1.165, 1.54) is 0 Å². The molecule has 1 aliphatic rings. The summed E-state index contributed by atoms with van der Waals surface area (Å²) in [5, 5.41) is 5.79. The van der Waals surface area contributed by atoms with Gasteiger partial charge >= 0.3 is 0 Å². The Bertz CT molecular complexity index is 1020. The van der Waals surface area contributed by atoms with E-state index in [1.54, 1.807) is 24.3 Å². The highest BCUT2D eigenvalue weighted by Gasteiger charge is 2.23. The highest BCUT2D eigenvalue weighted by Crippen LogP contribution is 2.21. The summed E-state index contributed by atoms with van der Waals surface area (Å²) >= 11 is 0. The quantitative estimate of drug-likeness (QED) is 0.567. The summed E-state index contributed by atoms with van der Waals surface area (Å²) in [5.41, 5.74) is 2.48. The Morgan fingerprint density at radius 1 is 0.900 bits per heavy atom. The lowest BCUT2D eigenvalue weighted by Gasteiger charge is -2.09. The van der Waals surface area contributed by atoms with Crippen molar-refractivity contribution in [1.82, 2.24) is 15.6 Å². The second-order valence-electron chi connectivity index (χ2n) is 7.15. The van der Waals surface area contributed by atoms with E-state index in [4.69, 9.17) is 4.74 Å². The average molecular weight is 401 g/mol. The van der Waals surface area contributed by atoms with Gasteiger partial charge in [0.15, 0.2) is 0 Å². The number of aromatic nitrogens is 1. The Hall–Kier alpha value is -3.67. The molecule has 6 heteroatoms. The van der Waals surface area contributed by atoms with Gasteiger partial charge in [-0.25, -0.2) is 4.98 Å². The molecule has 3 aromatic rings. The number of hydrogen-bond acceptors (Lipinski definition) is 4. The molecule has 1 saturated carbocycles. The van der Waals surface area contributed by atoms with Crippen LogP contribution < -0.4 is 15.4 Å². The maximum atomic E-state index is 12.4. The lowest BCUT2D eigenvalue weighted by atomic mass is 10.1. The van der Waals surface area contributed by atoms with Crippen molar-refractivity contribution in [3.63, 3.8) is 0 Å². The summed E-state index contributed by atoms with van der Waals surface area (Å²) in [6, 6.07) is 22.3. The third-order valence-corrected chi connectivity index (χ3v) is 4.74. The second kappa shape index (κ2) is 9.22. The van der Waals surface area contributed by atoms with Gasteiger partial charge in [-0.2, -0.15) is 0 Å². The number of nitrogens with zero attached hydrogens (tertiary/aromatic N) is 1. The number of para-hydroxylation sites is 1. The Morgan fingerprint density at radius 2 is 1.67 bits per heavy atom. The zero-order chi connectivity index (χ0) is 20.8. The minimum Gasteiger partial charge on any atom is -0.492 e. The number of carbonyl (C=O) groups excluding carboxylic acids is 2. The van der Waals surface area contributed by atoms with Crippen LogP contribution in [0.3, 0.4) is 0 Å². The standard InChI is InChI=1S/C24H23N3O3/c28-23(26-19-13-14-19)18-11-9-17(10-12-18)21-7-4-8-22(27-21)24(29)25-15-16-30-20-5-2-1-3-6-20/h1-12,19H,13-16H2,(H,25,29)(H,26,28). The van der Waals surface area contributed by atoms with Crippen molar-refractivity contribution < 1.29 is 14.3 Å². The molecule has 6 nitrogen and oxygen atoms in total. The van der Waals surface area contributed by atoms with Crippen LogP contribution in [-0.4, -0.2) is 36.0 Å². The first-order chi connectivity index (χ1) is 14.7. The number of amides is 2. The molecule has 0 saturated heterocycles. The Balaban J connectivity index is 1.33. The van der Waals surface area contributed by atoms with Crippen LogP contribution in [0.15, 0.2) is 72.8 Å². The number of nitrogens with one attached hydrogen (secondary N) is 2. The molecule has 0 spiro atoms. The van der Waals surface area contributed by atoms with Crippen molar-refractivity contribution in [2.45, 2.75) is 18.9 Å². The van der Waals surface area contributed by atoms with Crippen LogP contribution in [-0.2, 0) is 0 Å². The van der Waals surface area contributed by atoms with Gasteiger partial charge < -0.3 is 15.4 Å². The minimum atomic E-state index is -0.256. The van der Waals surface area contributed by atoms with Gasteiger partial charge in [0.05, 0.1) is 12.2 Å². The molecule has 0 unspecified atom stereocenters. The van der Waals surface area contributed by atoms with E-state index in [1.807, 2.05) is 48.5 Å². The van der Waals surface area contributed by atoms with Crippen LogP contribution in [0, 0.1) is 0 Å². The highest BCUT2D eigenvalue weighted by atomic mass is 16.5. The van der Waals surface area contributed by atoms with Crippen molar-refractivity contribution in [2.24, 2.45) is 0 Å². The third kappa shape index (κ3) is 5.23.